The van der Waals surface area contributed by atoms with Crippen molar-refractivity contribution < 1.29 is 24.6 Å². The molecule has 0 bridgehead atoms. The van der Waals surface area contributed by atoms with E-state index in [1.165, 1.54) is 9.80 Å². The molecule has 2 fully saturated rings. The first-order valence-electron chi connectivity index (χ1n) is 6.97. The Kier molecular flexibility index (Phi) is 4.59. The third-order valence-corrected chi connectivity index (χ3v) is 3.88. The van der Waals surface area contributed by atoms with Crippen molar-refractivity contribution in [1.29, 1.82) is 0 Å². The SMILES string of the molecule is O=C(O)[C@H]1C[C@@H](O)CN1C(=O)CN1CCCCCC1=O. The molecule has 7 nitrogen and oxygen atoms in total. The van der Waals surface area contributed by atoms with Gasteiger partial charge in [-0.3, -0.25) is 9.59 Å². The number of aliphatic hydroxyl groups is 1. The number of carboxylic acids is 1. The maximum Gasteiger partial charge on any atom is 0.326 e. The maximum atomic E-state index is 12.2. The molecule has 0 aromatic rings. The molecule has 2 heterocycles. The number of aliphatic hydroxyl groups excluding tert-OH is 1. The molecule has 2 N–H and O–H groups in total. The highest BCUT2D eigenvalue weighted by Gasteiger charge is 2.39. The number of likely N-dealkylation sites (tertiary alicyclic amines) is 2. The molecule has 0 saturated carbocycles. The molecule has 2 atom stereocenters. The number of carboxylic acid groups (broad SMARTS) is 1. The number of hydrogen-bond acceptors (Lipinski definition) is 4. The van der Waals surface area contributed by atoms with Gasteiger partial charge in [-0.2, -0.15) is 0 Å². The highest BCUT2D eigenvalue weighted by molar-refractivity contribution is 5.88. The van der Waals surface area contributed by atoms with Crippen molar-refractivity contribution in [3.8, 4) is 0 Å². The van der Waals surface area contributed by atoms with Gasteiger partial charge in [0.05, 0.1) is 12.6 Å². The van der Waals surface area contributed by atoms with Crippen LogP contribution >= 0.6 is 0 Å². The first-order valence-corrected chi connectivity index (χ1v) is 6.97. The van der Waals surface area contributed by atoms with Crippen LogP contribution in [0.5, 0.6) is 0 Å². The van der Waals surface area contributed by atoms with Gasteiger partial charge in [-0.25, -0.2) is 4.79 Å². The molecule has 0 aromatic carbocycles. The molecule has 2 saturated heterocycles. The van der Waals surface area contributed by atoms with Gasteiger partial charge in [0.25, 0.3) is 0 Å². The summed E-state index contributed by atoms with van der Waals surface area (Å²) in [6.45, 7) is 0.478. The molecule has 0 aromatic heterocycles. The quantitative estimate of drug-likeness (QED) is 0.723. The molecule has 2 aliphatic heterocycles. The minimum absolute atomic E-state index is 0.0256. The molecule has 20 heavy (non-hydrogen) atoms. The number of β-amino-alcohol motifs (C(OH)–C–C–N with tert-alkyl or cyclic N) is 1. The first-order chi connectivity index (χ1) is 9.49. The fourth-order valence-corrected chi connectivity index (χ4v) is 2.78. The molecular formula is C13H20N2O5. The van der Waals surface area contributed by atoms with Gasteiger partial charge in [0, 0.05) is 25.9 Å². The third kappa shape index (κ3) is 3.27. The highest BCUT2D eigenvalue weighted by atomic mass is 16.4. The van der Waals surface area contributed by atoms with Gasteiger partial charge in [-0.15, -0.1) is 0 Å². The second kappa shape index (κ2) is 6.21. The monoisotopic (exact) mass is 284 g/mol. The number of nitrogens with zero attached hydrogens (tertiary/aromatic N) is 2. The van der Waals surface area contributed by atoms with Crippen LogP contribution in [0, 0.1) is 0 Å². The lowest BCUT2D eigenvalue weighted by Gasteiger charge is -2.26. The van der Waals surface area contributed by atoms with Gasteiger partial charge >= 0.3 is 5.97 Å². The van der Waals surface area contributed by atoms with Gasteiger partial charge in [-0.05, 0) is 12.8 Å². The smallest absolute Gasteiger partial charge is 0.326 e. The van der Waals surface area contributed by atoms with E-state index in [9.17, 15) is 19.5 Å². The van der Waals surface area contributed by atoms with E-state index in [0.717, 1.165) is 19.3 Å². The van der Waals surface area contributed by atoms with Crippen LogP contribution in [-0.4, -0.2) is 69.6 Å². The third-order valence-electron chi connectivity index (χ3n) is 3.88. The Morgan fingerprint density at radius 2 is 2.00 bits per heavy atom. The van der Waals surface area contributed by atoms with Crippen LogP contribution in [0.2, 0.25) is 0 Å². The molecule has 0 aliphatic carbocycles. The predicted molar refractivity (Wildman–Crippen MR) is 68.8 cm³/mol. The van der Waals surface area contributed by atoms with Crippen LogP contribution in [-0.2, 0) is 14.4 Å². The van der Waals surface area contributed by atoms with E-state index in [0.29, 0.717) is 13.0 Å². The molecule has 0 spiro atoms. The summed E-state index contributed by atoms with van der Waals surface area (Å²) in [5.74, 6) is -1.57. The Labute approximate surface area is 117 Å². The number of aliphatic carboxylic acids is 1. The average molecular weight is 284 g/mol. The summed E-state index contributed by atoms with van der Waals surface area (Å²) in [6.07, 6.45) is 2.36. The van der Waals surface area contributed by atoms with Crippen molar-refractivity contribution in [2.24, 2.45) is 0 Å². The highest BCUT2D eigenvalue weighted by Crippen LogP contribution is 2.19. The minimum atomic E-state index is -1.11. The van der Waals surface area contributed by atoms with E-state index in [-0.39, 0.29) is 25.4 Å². The molecule has 7 heteroatoms. The second-order valence-corrected chi connectivity index (χ2v) is 5.42. The van der Waals surface area contributed by atoms with Crippen LogP contribution in [0.4, 0.5) is 0 Å². The number of rotatable bonds is 3. The Morgan fingerprint density at radius 3 is 2.70 bits per heavy atom. The van der Waals surface area contributed by atoms with Crippen molar-refractivity contribution in [3.63, 3.8) is 0 Å². The number of amides is 2. The van der Waals surface area contributed by atoms with E-state index in [2.05, 4.69) is 0 Å². The lowest BCUT2D eigenvalue weighted by atomic mass is 10.2. The minimum Gasteiger partial charge on any atom is -0.480 e. The number of carbonyl (C=O) groups excluding carboxylic acids is 2. The van der Waals surface area contributed by atoms with E-state index in [1.807, 2.05) is 0 Å². The molecule has 112 valence electrons. The van der Waals surface area contributed by atoms with E-state index in [1.54, 1.807) is 0 Å². The van der Waals surface area contributed by atoms with Crippen LogP contribution in [0.1, 0.15) is 32.1 Å². The fourth-order valence-electron chi connectivity index (χ4n) is 2.78. The molecule has 2 aliphatic rings. The van der Waals surface area contributed by atoms with E-state index < -0.39 is 24.0 Å². The zero-order valence-electron chi connectivity index (χ0n) is 11.3. The van der Waals surface area contributed by atoms with Gasteiger partial charge < -0.3 is 20.0 Å². The molecule has 0 radical (unpaired) electrons. The summed E-state index contributed by atoms with van der Waals surface area (Å²) in [5.41, 5.74) is 0. The summed E-state index contributed by atoms with van der Waals surface area (Å²) in [4.78, 5) is 37.8. The van der Waals surface area contributed by atoms with Crippen LogP contribution < -0.4 is 0 Å². The van der Waals surface area contributed by atoms with Gasteiger partial charge in [0.2, 0.25) is 11.8 Å². The first kappa shape index (κ1) is 14.8. The topological polar surface area (TPSA) is 98.2 Å². The van der Waals surface area contributed by atoms with Crippen molar-refractivity contribution >= 4 is 17.8 Å². The molecule has 2 amide bonds. The summed E-state index contributed by atoms with van der Waals surface area (Å²) >= 11 is 0. The molecule has 2 rings (SSSR count). The van der Waals surface area contributed by atoms with Gasteiger partial charge in [0.1, 0.15) is 6.04 Å². The Hall–Kier alpha value is -1.63. The number of carbonyl (C=O) groups is 3. The summed E-state index contributed by atoms with van der Waals surface area (Å²) in [7, 11) is 0. The van der Waals surface area contributed by atoms with Gasteiger partial charge in [0.15, 0.2) is 0 Å². The van der Waals surface area contributed by atoms with Crippen LogP contribution in [0.25, 0.3) is 0 Å². The van der Waals surface area contributed by atoms with E-state index >= 15 is 0 Å². The Balaban J connectivity index is 1.99. The van der Waals surface area contributed by atoms with Crippen molar-refractivity contribution in [2.75, 3.05) is 19.6 Å². The lowest BCUT2D eigenvalue weighted by Crippen LogP contribution is -2.47. The normalized spacial score (nSPS) is 27.6. The fraction of sp³-hybridized carbons (Fsp3) is 0.769. The maximum absolute atomic E-state index is 12.2. The lowest BCUT2D eigenvalue weighted by molar-refractivity contribution is -0.149. The standard InChI is InChI=1S/C13H20N2O5/c16-9-6-10(13(19)20)15(7-9)12(18)8-14-5-3-1-2-4-11(14)17/h9-10,16H,1-8H2,(H,19,20)/t9-,10-/m1/s1. The number of hydrogen-bond donors (Lipinski definition) is 2. The Bertz CT molecular complexity index is 412. The largest absolute Gasteiger partial charge is 0.480 e. The zero-order chi connectivity index (χ0) is 14.7. The van der Waals surface area contributed by atoms with Gasteiger partial charge in [-0.1, -0.05) is 6.42 Å². The predicted octanol–water partition coefficient (Wildman–Crippen LogP) is -0.565. The average Bonchev–Trinajstić information content (AvgIpc) is 2.68. The van der Waals surface area contributed by atoms with Crippen LogP contribution in [0.3, 0.4) is 0 Å². The molecule has 0 unspecified atom stereocenters. The van der Waals surface area contributed by atoms with Crippen LogP contribution in [0.15, 0.2) is 0 Å². The summed E-state index contributed by atoms with van der Waals surface area (Å²) < 4.78 is 0. The van der Waals surface area contributed by atoms with Crippen molar-refractivity contribution in [3.05, 3.63) is 0 Å². The Morgan fingerprint density at radius 1 is 1.25 bits per heavy atom. The second-order valence-electron chi connectivity index (χ2n) is 5.42. The summed E-state index contributed by atoms with van der Waals surface area (Å²) in [5, 5.41) is 18.6. The van der Waals surface area contributed by atoms with Crippen molar-refractivity contribution in [2.45, 2.75) is 44.2 Å². The molecular weight excluding hydrogens is 264 g/mol. The van der Waals surface area contributed by atoms with E-state index in [4.69, 9.17) is 5.11 Å². The zero-order valence-corrected chi connectivity index (χ0v) is 11.3. The van der Waals surface area contributed by atoms with Crippen molar-refractivity contribution in [1.82, 2.24) is 9.80 Å². The summed E-state index contributed by atoms with van der Waals surface area (Å²) in [6, 6.07) is -0.986.